The molecule has 0 spiro atoms. The molecule has 0 bridgehead atoms. The summed E-state index contributed by atoms with van der Waals surface area (Å²) in [5.41, 5.74) is 1.52. The van der Waals surface area contributed by atoms with E-state index in [0.29, 0.717) is 18.7 Å². The fourth-order valence-electron chi connectivity index (χ4n) is 3.26. The number of amides is 1. The van der Waals surface area contributed by atoms with Crippen molar-refractivity contribution in [3.63, 3.8) is 0 Å². The first-order chi connectivity index (χ1) is 15.6. The summed E-state index contributed by atoms with van der Waals surface area (Å²) >= 11 is 0. The molecule has 0 radical (unpaired) electrons. The van der Waals surface area contributed by atoms with Crippen LogP contribution < -0.4 is 10.1 Å². The highest BCUT2D eigenvalue weighted by atomic mass is 16.5. The molecule has 0 atom stereocenters. The van der Waals surface area contributed by atoms with Gasteiger partial charge in [-0.15, -0.1) is 0 Å². The fraction of sp³-hybridized carbons (Fsp3) is 0.360. The van der Waals surface area contributed by atoms with E-state index in [1.54, 1.807) is 24.5 Å². The largest absolute Gasteiger partial charge is 0.494 e. The smallest absolute Gasteiger partial charge is 0.220 e. The lowest BCUT2D eigenvalue weighted by molar-refractivity contribution is -0.121. The third kappa shape index (κ3) is 6.77. The van der Waals surface area contributed by atoms with E-state index in [-0.39, 0.29) is 24.5 Å². The van der Waals surface area contributed by atoms with E-state index in [1.807, 2.05) is 42.0 Å². The minimum atomic E-state index is -0.161. The predicted octanol–water partition coefficient (Wildman–Crippen LogP) is 4.42. The van der Waals surface area contributed by atoms with Crippen molar-refractivity contribution in [2.45, 2.75) is 52.5 Å². The first-order valence-corrected chi connectivity index (χ1v) is 11.0. The third-order valence-electron chi connectivity index (χ3n) is 5.14. The molecule has 32 heavy (non-hydrogen) atoms. The van der Waals surface area contributed by atoms with E-state index in [0.717, 1.165) is 42.2 Å². The Labute approximate surface area is 188 Å². The molecule has 0 aliphatic heterocycles. The maximum atomic E-state index is 12.4. The van der Waals surface area contributed by atoms with Crippen molar-refractivity contribution in [2.24, 2.45) is 0 Å². The van der Waals surface area contributed by atoms with Gasteiger partial charge in [-0.2, -0.15) is 0 Å². The zero-order chi connectivity index (χ0) is 22.8. The Kier molecular flexibility index (Phi) is 8.54. The van der Waals surface area contributed by atoms with E-state index < -0.39 is 0 Å². The number of rotatable bonds is 12. The van der Waals surface area contributed by atoms with Gasteiger partial charge in [0.1, 0.15) is 17.4 Å². The summed E-state index contributed by atoms with van der Waals surface area (Å²) < 4.78 is 7.55. The van der Waals surface area contributed by atoms with Crippen molar-refractivity contribution in [3.8, 4) is 11.6 Å². The van der Waals surface area contributed by atoms with Crippen LogP contribution in [0.5, 0.6) is 5.75 Å². The normalized spacial score (nSPS) is 10.7. The summed E-state index contributed by atoms with van der Waals surface area (Å²) in [6.45, 7) is 5.11. The molecule has 0 aliphatic rings. The van der Waals surface area contributed by atoms with Gasteiger partial charge in [-0.05, 0) is 55.3 Å². The van der Waals surface area contributed by atoms with Gasteiger partial charge in [-0.3, -0.25) is 14.2 Å². The number of ketones is 1. The molecule has 168 valence electrons. The van der Waals surface area contributed by atoms with Crippen LogP contribution in [0.2, 0.25) is 0 Å². The average Bonchev–Trinajstić information content (AvgIpc) is 3.25. The number of aromatic nitrogens is 3. The highest BCUT2D eigenvalue weighted by molar-refractivity contribution is 5.98. The zero-order valence-corrected chi connectivity index (χ0v) is 18.7. The van der Waals surface area contributed by atoms with Gasteiger partial charge in [0.25, 0.3) is 0 Å². The van der Waals surface area contributed by atoms with Crippen molar-refractivity contribution >= 4 is 11.7 Å². The Bertz CT molecular complexity index is 1030. The summed E-state index contributed by atoms with van der Waals surface area (Å²) in [5.74, 6) is 2.14. The van der Waals surface area contributed by atoms with Crippen LogP contribution in [-0.2, 0) is 11.3 Å². The number of benzene rings is 1. The Hall–Kier alpha value is -3.48. The quantitative estimate of drug-likeness (QED) is 0.337. The maximum absolute atomic E-state index is 12.4. The molecule has 2 aromatic heterocycles. The maximum Gasteiger partial charge on any atom is 0.220 e. The van der Waals surface area contributed by atoms with Crippen LogP contribution in [-0.4, -0.2) is 32.8 Å². The highest BCUT2D eigenvalue weighted by Crippen LogP contribution is 2.15. The Morgan fingerprint density at radius 2 is 1.84 bits per heavy atom. The van der Waals surface area contributed by atoms with Gasteiger partial charge in [-0.1, -0.05) is 19.8 Å². The van der Waals surface area contributed by atoms with Crippen LogP contribution in [0.15, 0.2) is 55.0 Å². The number of aryl methyl sites for hydroxylation is 1. The summed E-state index contributed by atoms with van der Waals surface area (Å²) in [5, 5.41) is 2.87. The molecule has 2 heterocycles. The van der Waals surface area contributed by atoms with E-state index in [2.05, 4.69) is 22.2 Å². The second-order valence-corrected chi connectivity index (χ2v) is 7.65. The van der Waals surface area contributed by atoms with Crippen molar-refractivity contribution in [1.29, 1.82) is 0 Å². The van der Waals surface area contributed by atoms with Crippen molar-refractivity contribution in [1.82, 2.24) is 19.9 Å². The minimum absolute atomic E-state index is 0.0561. The van der Waals surface area contributed by atoms with Gasteiger partial charge in [0.05, 0.1) is 6.61 Å². The second-order valence-electron chi connectivity index (χ2n) is 7.65. The van der Waals surface area contributed by atoms with Gasteiger partial charge in [-0.25, -0.2) is 9.97 Å². The molecule has 1 aromatic carbocycles. The molecule has 0 fully saturated rings. The number of carbonyl (C=O) groups excluding carboxylic acids is 2. The highest BCUT2D eigenvalue weighted by Gasteiger charge is 2.10. The number of hydrogen-bond acceptors (Lipinski definition) is 5. The molecule has 0 saturated heterocycles. The molecule has 7 nitrogen and oxygen atoms in total. The number of unbranched alkanes of at least 4 members (excludes halogenated alkanes) is 2. The average molecular weight is 435 g/mol. The Morgan fingerprint density at radius 1 is 1.03 bits per heavy atom. The van der Waals surface area contributed by atoms with Crippen LogP contribution in [0.25, 0.3) is 5.82 Å². The van der Waals surface area contributed by atoms with E-state index in [4.69, 9.17) is 4.74 Å². The van der Waals surface area contributed by atoms with Crippen molar-refractivity contribution in [2.75, 3.05) is 6.61 Å². The van der Waals surface area contributed by atoms with Crippen molar-refractivity contribution in [3.05, 3.63) is 71.9 Å². The SMILES string of the molecule is CCCCCOc1ccc(C(=O)CCC(=O)NCc2ccnc(-n3ccnc3C)c2)cc1. The number of nitrogens with zero attached hydrogens (tertiary/aromatic N) is 3. The van der Waals surface area contributed by atoms with Crippen LogP contribution in [0.3, 0.4) is 0 Å². The second kappa shape index (κ2) is 11.8. The Morgan fingerprint density at radius 3 is 2.56 bits per heavy atom. The van der Waals surface area contributed by atoms with Gasteiger partial charge in [0.2, 0.25) is 5.91 Å². The topological polar surface area (TPSA) is 86.1 Å². The van der Waals surface area contributed by atoms with E-state index in [1.165, 1.54) is 0 Å². The molecule has 7 heteroatoms. The fourth-order valence-corrected chi connectivity index (χ4v) is 3.26. The number of nitrogens with one attached hydrogen (secondary N) is 1. The zero-order valence-electron chi connectivity index (χ0n) is 18.7. The van der Waals surface area contributed by atoms with E-state index in [9.17, 15) is 9.59 Å². The van der Waals surface area contributed by atoms with E-state index >= 15 is 0 Å². The first-order valence-electron chi connectivity index (χ1n) is 11.0. The van der Waals surface area contributed by atoms with Gasteiger partial charge in [0, 0.05) is 43.5 Å². The number of Topliss-reactive ketones (excluding diaryl/α,β-unsaturated/α-hetero) is 1. The number of ether oxygens (including phenoxy) is 1. The summed E-state index contributed by atoms with van der Waals surface area (Å²) in [6, 6.07) is 10.9. The Balaban J connectivity index is 1.43. The van der Waals surface area contributed by atoms with Crippen LogP contribution in [0, 0.1) is 6.92 Å². The standard InChI is InChI=1S/C25H30N4O3/c1-3-4-5-16-32-22-8-6-21(7-9-22)23(30)10-11-25(31)28-18-20-12-13-27-24(17-20)29-15-14-26-19(29)2/h6-9,12-15,17H,3-5,10-11,16,18H2,1-2H3,(H,28,31). The predicted molar refractivity (Wildman–Crippen MR) is 123 cm³/mol. The summed E-state index contributed by atoms with van der Waals surface area (Å²) in [6.07, 6.45) is 8.90. The molecule has 3 rings (SSSR count). The van der Waals surface area contributed by atoms with Gasteiger partial charge in [0.15, 0.2) is 5.78 Å². The van der Waals surface area contributed by atoms with Crippen LogP contribution in [0.4, 0.5) is 0 Å². The number of imidazole rings is 1. The monoisotopic (exact) mass is 434 g/mol. The summed E-state index contributed by atoms with van der Waals surface area (Å²) in [4.78, 5) is 33.2. The lowest BCUT2D eigenvalue weighted by Gasteiger charge is -2.09. The third-order valence-corrected chi connectivity index (χ3v) is 5.14. The van der Waals surface area contributed by atoms with Gasteiger partial charge < -0.3 is 10.1 Å². The number of hydrogen-bond donors (Lipinski definition) is 1. The lowest BCUT2D eigenvalue weighted by atomic mass is 10.1. The molecule has 0 aliphatic carbocycles. The molecule has 0 saturated carbocycles. The van der Waals surface area contributed by atoms with Crippen molar-refractivity contribution < 1.29 is 14.3 Å². The lowest BCUT2D eigenvalue weighted by Crippen LogP contribution is -2.23. The summed E-state index contributed by atoms with van der Waals surface area (Å²) in [7, 11) is 0. The molecule has 1 N–H and O–H groups in total. The molecular formula is C25H30N4O3. The molecular weight excluding hydrogens is 404 g/mol. The first kappa shape index (κ1) is 23.2. The minimum Gasteiger partial charge on any atom is -0.494 e. The molecule has 1 amide bonds. The van der Waals surface area contributed by atoms with Crippen LogP contribution in [0.1, 0.15) is 60.8 Å². The molecule has 3 aromatic rings. The number of pyridine rings is 1. The molecule has 0 unspecified atom stereocenters. The number of carbonyl (C=O) groups is 2. The van der Waals surface area contributed by atoms with Crippen LogP contribution >= 0.6 is 0 Å². The van der Waals surface area contributed by atoms with Gasteiger partial charge >= 0.3 is 0 Å².